The molecule has 0 unspecified atom stereocenters. The van der Waals surface area contributed by atoms with Crippen molar-refractivity contribution < 1.29 is 4.79 Å². The SMILES string of the molecule is Cc1cc(C)cc(NC(=O)NCCc2csc3nc(-c4cccs4)nn23)c1. The van der Waals surface area contributed by atoms with Gasteiger partial charge in [-0.1, -0.05) is 12.1 Å². The third-order valence-corrected chi connectivity index (χ3v) is 5.77. The molecular weight excluding hydrogens is 378 g/mol. The Kier molecular flexibility index (Phi) is 4.91. The minimum absolute atomic E-state index is 0.204. The van der Waals surface area contributed by atoms with Crippen molar-refractivity contribution in [1.29, 1.82) is 0 Å². The van der Waals surface area contributed by atoms with Gasteiger partial charge in [-0.2, -0.15) is 4.98 Å². The second kappa shape index (κ2) is 7.50. The maximum atomic E-state index is 12.1. The van der Waals surface area contributed by atoms with E-state index in [0.717, 1.165) is 38.2 Å². The standard InChI is InChI=1S/C19H19N5OS2/c1-12-8-13(2)10-14(9-12)21-18(25)20-6-5-15-11-27-19-22-17(23-24(15)19)16-4-3-7-26-16/h3-4,7-11H,5-6H2,1-2H3,(H2,20,21,25). The van der Waals surface area contributed by atoms with Gasteiger partial charge in [0.25, 0.3) is 0 Å². The summed E-state index contributed by atoms with van der Waals surface area (Å²) in [7, 11) is 0. The van der Waals surface area contributed by atoms with Crippen LogP contribution in [-0.2, 0) is 6.42 Å². The fourth-order valence-corrected chi connectivity index (χ4v) is 4.44. The number of urea groups is 1. The maximum absolute atomic E-state index is 12.1. The topological polar surface area (TPSA) is 71.3 Å². The van der Waals surface area contributed by atoms with Crippen LogP contribution >= 0.6 is 22.7 Å². The van der Waals surface area contributed by atoms with E-state index >= 15 is 0 Å². The zero-order valence-electron chi connectivity index (χ0n) is 15.0. The van der Waals surface area contributed by atoms with Crippen LogP contribution in [0.2, 0.25) is 0 Å². The van der Waals surface area contributed by atoms with E-state index in [1.807, 2.05) is 53.4 Å². The summed E-state index contributed by atoms with van der Waals surface area (Å²) >= 11 is 3.19. The Morgan fingerprint density at radius 3 is 2.74 bits per heavy atom. The summed E-state index contributed by atoms with van der Waals surface area (Å²) in [6.07, 6.45) is 0.688. The van der Waals surface area contributed by atoms with Crippen molar-refractivity contribution in [3.8, 4) is 10.7 Å². The number of anilines is 1. The summed E-state index contributed by atoms with van der Waals surface area (Å²) < 4.78 is 1.86. The van der Waals surface area contributed by atoms with Crippen LogP contribution in [0.25, 0.3) is 15.7 Å². The van der Waals surface area contributed by atoms with Crippen LogP contribution in [0.15, 0.2) is 41.1 Å². The number of benzene rings is 1. The molecule has 0 spiro atoms. The number of thiazole rings is 1. The number of carbonyl (C=O) groups excluding carboxylic acids is 1. The fraction of sp³-hybridized carbons (Fsp3) is 0.211. The molecule has 6 nitrogen and oxygen atoms in total. The van der Waals surface area contributed by atoms with Gasteiger partial charge < -0.3 is 10.6 Å². The van der Waals surface area contributed by atoms with Gasteiger partial charge in [-0.3, -0.25) is 0 Å². The second-order valence-corrected chi connectivity index (χ2v) is 8.13. The third kappa shape index (κ3) is 4.01. The molecule has 0 aliphatic carbocycles. The number of hydrogen-bond donors (Lipinski definition) is 2. The molecule has 3 aromatic heterocycles. The Balaban J connectivity index is 1.36. The number of rotatable bonds is 5. The summed E-state index contributed by atoms with van der Waals surface area (Å²) in [6, 6.07) is 9.79. The summed E-state index contributed by atoms with van der Waals surface area (Å²) in [5.74, 6) is 0.749. The lowest BCUT2D eigenvalue weighted by Gasteiger charge is -2.09. The summed E-state index contributed by atoms with van der Waals surface area (Å²) in [4.78, 5) is 18.6. The Morgan fingerprint density at radius 1 is 1.19 bits per heavy atom. The van der Waals surface area contributed by atoms with E-state index in [2.05, 4.69) is 26.8 Å². The molecule has 1 aromatic carbocycles. The highest BCUT2D eigenvalue weighted by atomic mass is 32.1. The third-order valence-electron chi connectivity index (χ3n) is 4.04. The van der Waals surface area contributed by atoms with Crippen LogP contribution in [0.3, 0.4) is 0 Å². The molecule has 4 rings (SSSR count). The quantitative estimate of drug-likeness (QED) is 0.521. The number of fused-ring (bicyclic) bond motifs is 1. The van der Waals surface area contributed by atoms with Gasteiger partial charge in [0.05, 0.1) is 10.6 Å². The minimum Gasteiger partial charge on any atom is -0.337 e. The van der Waals surface area contributed by atoms with Gasteiger partial charge in [0.15, 0.2) is 5.82 Å². The summed E-state index contributed by atoms with van der Waals surface area (Å²) in [6.45, 7) is 4.55. The van der Waals surface area contributed by atoms with Crippen molar-refractivity contribution in [2.24, 2.45) is 0 Å². The Bertz CT molecular complexity index is 1060. The van der Waals surface area contributed by atoms with Crippen molar-refractivity contribution in [2.75, 3.05) is 11.9 Å². The lowest BCUT2D eigenvalue weighted by atomic mass is 10.1. The predicted molar refractivity (Wildman–Crippen MR) is 111 cm³/mol. The first-order valence-corrected chi connectivity index (χ1v) is 10.3. The number of nitrogens with one attached hydrogen (secondary N) is 2. The smallest absolute Gasteiger partial charge is 0.319 e. The lowest BCUT2D eigenvalue weighted by Crippen LogP contribution is -2.30. The van der Waals surface area contributed by atoms with Crippen LogP contribution in [0.1, 0.15) is 16.8 Å². The summed E-state index contributed by atoms with van der Waals surface area (Å²) in [5.41, 5.74) is 4.09. The molecule has 0 fully saturated rings. The van der Waals surface area contributed by atoms with Crippen molar-refractivity contribution in [3.05, 3.63) is 57.9 Å². The highest BCUT2D eigenvalue weighted by Gasteiger charge is 2.12. The van der Waals surface area contributed by atoms with Crippen molar-refractivity contribution >= 4 is 39.4 Å². The van der Waals surface area contributed by atoms with Gasteiger partial charge in [-0.05, 0) is 48.6 Å². The van der Waals surface area contributed by atoms with Gasteiger partial charge in [-0.15, -0.1) is 27.8 Å². The van der Waals surface area contributed by atoms with Gasteiger partial charge in [-0.25, -0.2) is 9.31 Å². The van der Waals surface area contributed by atoms with Crippen LogP contribution in [0.5, 0.6) is 0 Å². The number of carbonyl (C=O) groups is 1. The molecule has 27 heavy (non-hydrogen) atoms. The zero-order chi connectivity index (χ0) is 18.8. The van der Waals surface area contributed by atoms with E-state index in [0.29, 0.717) is 13.0 Å². The lowest BCUT2D eigenvalue weighted by molar-refractivity contribution is 0.252. The molecule has 138 valence electrons. The molecule has 0 radical (unpaired) electrons. The molecule has 2 amide bonds. The molecule has 0 saturated carbocycles. The number of thiophene rings is 1. The monoisotopic (exact) mass is 397 g/mol. The number of hydrogen-bond acceptors (Lipinski definition) is 5. The normalized spacial score (nSPS) is 11.0. The molecule has 2 N–H and O–H groups in total. The fourth-order valence-electron chi connectivity index (χ4n) is 2.93. The predicted octanol–water partition coefficient (Wildman–Crippen LogP) is 4.50. The Hall–Kier alpha value is -2.71. The van der Waals surface area contributed by atoms with Crippen LogP contribution in [0.4, 0.5) is 10.5 Å². The van der Waals surface area contributed by atoms with Gasteiger partial charge in [0, 0.05) is 24.0 Å². The van der Waals surface area contributed by atoms with Crippen molar-refractivity contribution in [1.82, 2.24) is 19.9 Å². The number of aryl methyl sites for hydroxylation is 2. The Morgan fingerprint density at radius 2 is 2.00 bits per heavy atom. The molecule has 0 aliphatic rings. The summed E-state index contributed by atoms with van der Waals surface area (Å²) in [5, 5.41) is 14.4. The van der Waals surface area contributed by atoms with E-state index < -0.39 is 0 Å². The first kappa shape index (κ1) is 17.7. The average Bonchev–Trinajstić information content (AvgIpc) is 3.31. The number of aromatic nitrogens is 3. The van der Waals surface area contributed by atoms with Crippen molar-refractivity contribution in [3.63, 3.8) is 0 Å². The van der Waals surface area contributed by atoms with E-state index in [4.69, 9.17) is 0 Å². The molecule has 8 heteroatoms. The first-order chi connectivity index (χ1) is 13.1. The van der Waals surface area contributed by atoms with Gasteiger partial charge >= 0.3 is 6.03 Å². The van der Waals surface area contributed by atoms with Crippen LogP contribution in [0, 0.1) is 13.8 Å². The molecule has 3 heterocycles. The largest absolute Gasteiger partial charge is 0.337 e. The average molecular weight is 398 g/mol. The first-order valence-electron chi connectivity index (χ1n) is 8.58. The van der Waals surface area contributed by atoms with E-state index in [1.54, 1.807) is 22.7 Å². The molecular formula is C19H19N5OS2. The molecule has 0 aliphatic heterocycles. The highest BCUT2D eigenvalue weighted by Crippen LogP contribution is 2.24. The van der Waals surface area contributed by atoms with Gasteiger partial charge in [0.1, 0.15) is 0 Å². The number of amides is 2. The molecule has 4 aromatic rings. The van der Waals surface area contributed by atoms with Gasteiger partial charge in [0.2, 0.25) is 4.96 Å². The Labute approximate surface area is 164 Å². The van der Waals surface area contributed by atoms with Crippen molar-refractivity contribution in [2.45, 2.75) is 20.3 Å². The number of nitrogens with zero attached hydrogens (tertiary/aromatic N) is 3. The van der Waals surface area contributed by atoms with Crippen LogP contribution in [-0.4, -0.2) is 27.2 Å². The zero-order valence-corrected chi connectivity index (χ0v) is 16.7. The van der Waals surface area contributed by atoms with Crippen LogP contribution < -0.4 is 10.6 Å². The molecule has 0 atom stereocenters. The van der Waals surface area contributed by atoms with E-state index in [1.165, 1.54) is 0 Å². The highest BCUT2D eigenvalue weighted by molar-refractivity contribution is 7.15. The molecule has 0 bridgehead atoms. The van der Waals surface area contributed by atoms with E-state index in [9.17, 15) is 4.79 Å². The van der Waals surface area contributed by atoms with E-state index in [-0.39, 0.29) is 6.03 Å². The molecule has 0 saturated heterocycles. The maximum Gasteiger partial charge on any atom is 0.319 e. The minimum atomic E-state index is -0.204. The second-order valence-electron chi connectivity index (χ2n) is 6.34.